The Morgan fingerprint density at radius 3 is 2.37 bits per heavy atom. The fourth-order valence-electron chi connectivity index (χ4n) is 4.74. The van der Waals surface area contributed by atoms with Crippen molar-refractivity contribution in [2.24, 2.45) is 11.7 Å². The van der Waals surface area contributed by atoms with Crippen molar-refractivity contribution in [3.63, 3.8) is 0 Å². The molecule has 43 heavy (non-hydrogen) atoms. The summed E-state index contributed by atoms with van der Waals surface area (Å²) >= 11 is 0.958. The van der Waals surface area contributed by atoms with E-state index in [-0.39, 0.29) is 46.8 Å². The van der Waals surface area contributed by atoms with Crippen LogP contribution in [0.5, 0.6) is 0 Å². The van der Waals surface area contributed by atoms with Crippen molar-refractivity contribution in [2.75, 3.05) is 6.54 Å². The first-order valence-corrected chi connectivity index (χ1v) is 14.2. The summed E-state index contributed by atoms with van der Waals surface area (Å²) in [6, 6.07) is 12.2. The number of primary amides is 1. The highest BCUT2D eigenvalue weighted by Crippen LogP contribution is 2.41. The lowest BCUT2D eigenvalue weighted by Gasteiger charge is -2.29. The van der Waals surface area contributed by atoms with Gasteiger partial charge in [0.15, 0.2) is 17.5 Å². The van der Waals surface area contributed by atoms with Gasteiger partial charge in [0.05, 0.1) is 15.4 Å². The Hall–Kier alpha value is -4.65. The number of amides is 2. The molecule has 1 atom stereocenters. The molecule has 1 aliphatic rings. The minimum Gasteiger partial charge on any atom is -0.366 e. The second-order valence-electron chi connectivity index (χ2n) is 10.4. The molecule has 226 valence electrons. The van der Waals surface area contributed by atoms with Gasteiger partial charge in [-0.1, -0.05) is 32.0 Å². The third-order valence-electron chi connectivity index (χ3n) is 6.69. The maximum Gasteiger partial charge on any atom is 0.298 e. The molecular formula is C30H30F3N5O4S. The molecule has 3 aromatic rings. The van der Waals surface area contributed by atoms with Gasteiger partial charge in [0.1, 0.15) is 11.7 Å². The van der Waals surface area contributed by atoms with Crippen molar-refractivity contribution >= 4 is 23.2 Å². The monoisotopic (exact) mass is 613 g/mol. The molecule has 0 saturated carbocycles. The number of carbonyl (C=O) groups excluding carboxylic acids is 2. The summed E-state index contributed by atoms with van der Waals surface area (Å²) < 4.78 is 40.1. The first kappa shape index (κ1) is 31.3. The van der Waals surface area contributed by atoms with E-state index in [1.807, 2.05) is 13.8 Å². The van der Waals surface area contributed by atoms with E-state index < -0.39 is 34.3 Å². The van der Waals surface area contributed by atoms with Crippen LogP contribution in [0.1, 0.15) is 51.9 Å². The topological polar surface area (TPSA) is 139 Å². The van der Waals surface area contributed by atoms with Crippen molar-refractivity contribution in [3.8, 4) is 0 Å². The van der Waals surface area contributed by atoms with Crippen LogP contribution >= 0.6 is 11.3 Å². The van der Waals surface area contributed by atoms with Crippen LogP contribution in [0.3, 0.4) is 0 Å². The number of carbonyl (C=O) groups is 2. The molecule has 4 rings (SSSR count). The maximum absolute atomic E-state index is 13.5. The van der Waals surface area contributed by atoms with Crippen LogP contribution in [0.2, 0.25) is 0 Å². The van der Waals surface area contributed by atoms with Crippen LogP contribution < -0.4 is 21.7 Å². The predicted molar refractivity (Wildman–Crippen MR) is 156 cm³/mol. The quantitative estimate of drug-likeness (QED) is 0.170. The van der Waals surface area contributed by atoms with E-state index in [2.05, 4.69) is 16.0 Å². The Morgan fingerprint density at radius 1 is 1.05 bits per heavy atom. The van der Waals surface area contributed by atoms with Crippen LogP contribution in [-0.2, 0) is 17.8 Å². The average molecular weight is 614 g/mol. The lowest BCUT2D eigenvalue weighted by molar-refractivity contribution is -0.431. The van der Waals surface area contributed by atoms with Gasteiger partial charge >= 0.3 is 0 Å². The molecule has 2 amide bonds. The smallest absolute Gasteiger partial charge is 0.298 e. The van der Waals surface area contributed by atoms with Crippen LogP contribution in [0, 0.1) is 33.5 Å². The number of hydrogen-bond acceptors (Lipinski definition) is 7. The molecule has 0 radical (unpaired) electrons. The van der Waals surface area contributed by atoms with Crippen LogP contribution in [-0.4, -0.2) is 23.3 Å². The Balaban J connectivity index is 1.65. The van der Waals surface area contributed by atoms with Crippen molar-refractivity contribution in [3.05, 3.63) is 126 Å². The third-order valence-corrected chi connectivity index (χ3v) is 7.84. The van der Waals surface area contributed by atoms with E-state index in [9.17, 15) is 32.9 Å². The van der Waals surface area contributed by atoms with Crippen molar-refractivity contribution < 1.29 is 27.7 Å². The highest BCUT2D eigenvalue weighted by atomic mass is 32.1. The molecule has 5 N–H and O–H groups in total. The lowest BCUT2D eigenvalue weighted by atomic mass is 9.86. The fourth-order valence-corrected chi connectivity index (χ4v) is 5.78. The SMILES string of the molecule is CC(C)CC1=C(C(N)=O)C(c2ccc(C(=O)NCc3ccc(F)c(F)c3)s2)C([N+](=O)[O-])=C(NCCc2ccc(F)cc2)N1. The van der Waals surface area contributed by atoms with Gasteiger partial charge in [-0.25, -0.2) is 13.2 Å². The number of dihydropyridines is 1. The van der Waals surface area contributed by atoms with Gasteiger partial charge in [0.25, 0.3) is 11.6 Å². The van der Waals surface area contributed by atoms with Crippen molar-refractivity contribution in [1.82, 2.24) is 16.0 Å². The third kappa shape index (κ3) is 7.60. The summed E-state index contributed by atoms with van der Waals surface area (Å²) in [5, 5.41) is 21.2. The number of nitrogens with zero attached hydrogens (tertiary/aromatic N) is 1. The number of allylic oxidation sites excluding steroid dienone is 2. The van der Waals surface area contributed by atoms with E-state index in [0.717, 1.165) is 29.0 Å². The summed E-state index contributed by atoms with van der Waals surface area (Å²) in [5.41, 5.74) is 7.07. The van der Waals surface area contributed by atoms with E-state index in [1.54, 1.807) is 12.1 Å². The highest BCUT2D eigenvalue weighted by Gasteiger charge is 2.42. The summed E-state index contributed by atoms with van der Waals surface area (Å²) in [4.78, 5) is 38.1. The molecule has 2 heterocycles. The normalized spacial score (nSPS) is 15.0. The molecule has 1 unspecified atom stereocenters. The number of halogens is 3. The molecule has 1 aliphatic heterocycles. The van der Waals surface area contributed by atoms with E-state index in [0.29, 0.717) is 29.0 Å². The van der Waals surface area contributed by atoms with Crippen LogP contribution in [0.4, 0.5) is 13.2 Å². The Kier molecular flexibility index (Phi) is 9.86. The lowest BCUT2D eigenvalue weighted by Crippen LogP contribution is -2.40. The molecule has 0 aliphatic carbocycles. The summed E-state index contributed by atoms with van der Waals surface area (Å²) in [6.45, 7) is 4.04. The number of hydrogen-bond donors (Lipinski definition) is 4. The fraction of sp³-hybridized carbons (Fsp3) is 0.267. The number of thiophene rings is 1. The van der Waals surface area contributed by atoms with E-state index in [4.69, 9.17) is 5.73 Å². The average Bonchev–Trinajstić information content (AvgIpc) is 3.44. The zero-order chi connectivity index (χ0) is 31.3. The number of rotatable bonds is 12. The zero-order valence-electron chi connectivity index (χ0n) is 23.4. The molecule has 0 fully saturated rings. The second-order valence-corrected chi connectivity index (χ2v) is 11.5. The zero-order valence-corrected chi connectivity index (χ0v) is 24.2. The number of nitro groups is 1. The minimum absolute atomic E-state index is 0.0279. The van der Waals surface area contributed by atoms with E-state index >= 15 is 0 Å². The molecule has 1 aromatic heterocycles. The standard InChI is InChI=1S/C30H30F3N5O4S/c1-16(2)13-22-25(28(34)39)26(27(38(41)42)29(37-22)35-12-11-17-3-6-19(31)7-4-17)23-9-10-24(43-23)30(40)36-15-18-5-8-20(32)21(33)14-18/h3-10,14,16,26,35,37H,11-13,15H2,1-2H3,(H2,34,39)(H,36,40). The predicted octanol–water partition coefficient (Wildman–Crippen LogP) is 4.85. The molecule has 2 aromatic carbocycles. The minimum atomic E-state index is -1.17. The van der Waals surface area contributed by atoms with Gasteiger partial charge in [-0.15, -0.1) is 11.3 Å². The summed E-state index contributed by atoms with van der Waals surface area (Å²) in [6.07, 6.45) is 0.810. The Morgan fingerprint density at radius 2 is 1.74 bits per heavy atom. The van der Waals surface area contributed by atoms with Gasteiger partial charge in [0.2, 0.25) is 5.91 Å². The molecule has 13 heteroatoms. The molecular weight excluding hydrogens is 583 g/mol. The maximum atomic E-state index is 13.5. The van der Waals surface area contributed by atoms with Gasteiger partial charge in [-0.3, -0.25) is 19.7 Å². The number of nitrogens with one attached hydrogen (secondary N) is 3. The largest absolute Gasteiger partial charge is 0.366 e. The number of nitrogens with two attached hydrogens (primary N) is 1. The first-order chi connectivity index (χ1) is 20.4. The molecule has 0 spiro atoms. The highest BCUT2D eigenvalue weighted by molar-refractivity contribution is 7.14. The first-order valence-electron chi connectivity index (χ1n) is 13.4. The molecule has 0 saturated heterocycles. The van der Waals surface area contributed by atoms with Crippen LogP contribution in [0.25, 0.3) is 0 Å². The molecule has 9 nitrogen and oxygen atoms in total. The van der Waals surface area contributed by atoms with Gasteiger partial charge in [-0.05, 0) is 66.3 Å². The van der Waals surface area contributed by atoms with Gasteiger partial charge in [0, 0.05) is 23.7 Å². The van der Waals surface area contributed by atoms with E-state index in [1.165, 1.54) is 30.3 Å². The summed E-state index contributed by atoms with van der Waals surface area (Å²) in [5.74, 6) is -4.81. The van der Waals surface area contributed by atoms with Crippen molar-refractivity contribution in [1.29, 1.82) is 0 Å². The summed E-state index contributed by atoms with van der Waals surface area (Å²) in [7, 11) is 0. The Bertz CT molecular complexity index is 1600. The second kappa shape index (κ2) is 13.6. The Labute approximate surface area is 249 Å². The molecule has 0 bridgehead atoms. The van der Waals surface area contributed by atoms with Crippen LogP contribution in [0.15, 0.2) is 77.4 Å². The number of benzene rings is 2. The van der Waals surface area contributed by atoms with Crippen molar-refractivity contribution in [2.45, 2.75) is 39.2 Å². The van der Waals surface area contributed by atoms with Gasteiger partial charge < -0.3 is 21.7 Å². The van der Waals surface area contributed by atoms with Gasteiger partial charge in [-0.2, -0.15) is 0 Å².